The molecule has 1 aliphatic rings. The van der Waals surface area contributed by atoms with E-state index in [-0.39, 0.29) is 6.04 Å². The van der Waals surface area contributed by atoms with E-state index in [1.807, 2.05) is 12.1 Å². The summed E-state index contributed by atoms with van der Waals surface area (Å²) in [5.41, 5.74) is 6.66. The number of anilines is 1. The van der Waals surface area contributed by atoms with Crippen LogP contribution in [0.2, 0.25) is 0 Å². The highest BCUT2D eigenvalue weighted by Gasteiger charge is 2.27. The lowest BCUT2D eigenvalue weighted by Gasteiger charge is -2.28. The Morgan fingerprint density at radius 2 is 1.81 bits per heavy atom. The maximum atomic E-state index is 5.43. The Hall–Kier alpha value is -3.31. The predicted molar refractivity (Wildman–Crippen MR) is 135 cm³/mol. The molecule has 0 saturated carbocycles. The summed E-state index contributed by atoms with van der Waals surface area (Å²) in [6.07, 6.45) is 0.806. The van der Waals surface area contributed by atoms with Crippen LogP contribution in [0.1, 0.15) is 16.7 Å². The fourth-order valence-electron chi connectivity index (χ4n) is 3.98. The standard InChI is InChI=1S/C27H25N3OS/c1-17-6-4-8-21(13-17)28-26-24(15-19-7-5-9-22(14-19)31-3)29-25-16-20-12-18(2)10-11-23(20)30-27(25)32-26/h4-14,16,24,29H,15H2,1-3H3/t24-/m0/s1. The van der Waals surface area contributed by atoms with Crippen LogP contribution in [-0.2, 0) is 6.42 Å². The third-order valence-electron chi connectivity index (χ3n) is 5.58. The van der Waals surface area contributed by atoms with Crippen LogP contribution in [0.4, 0.5) is 11.4 Å². The molecule has 3 aromatic carbocycles. The van der Waals surface area contributed by atoms with Crippen LogP contribution in [0.3, 0.4) is 0 Å². The molecule has 0 bridgehead atoms. The van der Waals surface area contributed by atoms with Gasteiger partial charge in [0.25, 0.3) is 0 Å². The lowest BCUT2D eigenvalue weighted by molar-refractivity contribution is 0.414. The van der Waals surface area contributed by atoms with E-state index in [2.05, 4.69) is 79.8 Å². The Morgan fingerprint density at radius 1 is 0.969 bits per heavy atom. The molecule has 1 aliphatic heterocycles. The largest absolute Gasteiger partial charge is 0.497 e. The summed E-state index contributed by atoms with van der Waals surface area (Å²) >= 11 is 1.66. The number of nitrogens with zero attached hydrogens (tertiary/aromatic N) is 2. The Morgan fingerprint density at radius 3 is 2.66 bits per heavy atom. The molecule has 5 rings (SSSR count). The van der Waals surface area contributed by atoms with Crippen LogP contribution < -0.4 is 10.1 Å². The number of pyridine rings is 1. The first-order valence-electron chi connectivity index (χ1n) is 10.7. The molecule has 2 heterocycles. The van der Waals surface area contributed by atoms with Gasteiger partial charge in [-0.05, 0) is 73.9 Å². The summed E-state index contributed by atoms with van der Waals surface area (Å²) in [6, 6.07) is 25.2. The SMILES string of the molecule is COc1cccc(C[C@@H]2Nc3cc4cc(C)ccc4nc3SC2=Nc2cccc(C)c2)c1. The van der Waals surface area contributed by atoms with Crippen molar-refractivity contribution in [2.75, 3.05) is 12.4 Å². The smallest absolute Gasteiger partial charge is 0.126 e. The van der Waals surface area contributed by atoms with Gasteiger partial charge >= 0.3 is 0 Å². The monoisotopic (exact) mass is 439 g/mol. The molecule has 0 unspecified atom stereocenters. The van der Waals surface area contributed by atoms with Crippen molar-refractivity contribution in [1.29, 1.82) is 0 Å². The van der Waals surface area contributed by atoms with Gasteiger partial charge in [-0.15, -0.1) is 0 Å². The molecule has 0 saturated heterocycles. The number of nitrogens with one attached hydrogen (secondary N) is 1. The quantitative estimate of drug-likeness (QED) is 0.383. The van der Waals surface area contributed by atoms with Crippen molar-refractivity contribution in [3.05, 3.63) is 89.5 Å². The van der Waals surface area contributed by atoms with E-state index < -0.39 is 0 Å². The number of fused-ring (bicyclic) bond motifs is 2. The minimum Gasteiger partial charge on any atom is -0.497 e. The van der Waals surface area contributed by atoms with Crippen LogP contribution in [0, 0.1) is 13.8 Å². The number of ether oxygens (including phenoxy) is 1. The second-order valence-electron chi connectivity index (χ2n) is 8.18. The second kappa shape index (κ2) is 8.67. The van der Waals surface area contributed by atoms with Crippen molar-refractivity contribution in [3.63, 3.8) is 0 Å². The number of hydrogen-bond acceptors (Lipinski definition) is 5. The van der Waals surface area contributed by atoms with Gasteiger partial charge in [-0.2, -0.15) is 0 Å². The zero-order valence-electron chi connectivity index (χ0n) is 18.4. The van der Waals surface area contributed by atoms with Gasteiger partial charge < -0.3 is 10.1 Å². The van der Waals surface area contributed by atoms with Gasteiger partial charge in [0.05, 0.1) is 30.0 Å². The Kier molecular flexibility index (Phi) is 5.58. The van der Waals surface area contributed by atoms with Crippen LogP contribution in [-0.4, -0.2) is 23.2 Å². The summed E-state index contributed by atoms with van der Waals surface area (Å²) in [4.78, 5) is 9.97. The molecule has 5 heteroatoms. The van der Waals surface area contributed by atoms with Crippen molar-refractivity contribution in [1.82, 2.24) is 4.98 Å². The third kappa shape index (κ3) is 4.34. The van der Waals surface area contributed by atoms with Gasteiger partial charge in [0, 0.05) is 5.39 Å². The molecule has 1 aromatic heterocycles. The fraction of sp³-hybridized carbons (Fsp3) is 0.185. The molecule has 160 valence electrons. The van der Waals surface area contributed by atoms with Gasteiger partial charge in [0.2, 0.25) is 0 Å². The average molecular weight is 440 g/mol. The molecule has 0 aliphatic carbocycles. The van der Waals surface area contributed by atoms with E-state index in [1.54, 1.807) is 18.9 Å². The number of thioether (sulfide) groups is 1. The fourth-order valence-corrected chi connectivity index (χ4v) is 4.98. The van der Waals surface area contributed by atoms with Crippen molar-refractivity contribution in [2.45, 2.75) is 31.3 Å². The van der Waals surface area contributed by atoms with Crippen LogP contribution in [0.25, 0.3) is 10.9 Å². The summed E-state index contributed by atoms with van der Waals surface area (Å²) in [7, 11) is 1.70. The van der Waals surface area contributed by atoms with Gasteiger partial charge in [0.15, 0.2) is 0 Å². The van der Waals surface area contributed by atoms with Gasteiger partial charge in [-0.1, -0.05) is 47.7 Å². The molecular formula is C27H25N3OS. The minimum absolute atomic E-state index is 0.0455. The zero-order valence-corrected chi connectivity index (χ0v) is 19.2. The van der Waals surface area contributed by atoms with E-state index in [9.17, 15) is 0 Å². The normalized spacial score (nSPS) is 16.6. The van der Waals surface area contributed by atoms with Crippen LogP contribution in [0.15, 0.2) is 82.8 Å². The molecule has 0 radical (unpaired) electrons. The van der Waals surface area contributed by atoms with Gasteiger partial charge in [-0.25, -0.2) is 9.98 Å². The topological polar surface area (TPSA) is 46.5 Å². The molecule has 1 N–H and O–H groups in total. The van der Waals surface area contributed by atoms with Crippen molar-refractivity contribution < 1.29 is 4.74 Å². The Balaban J connectivity index is 1.56. The summed E-state index contributed by atoms with van der Waals surface area (Å²) in [6.45, 7) is 4.20. The Bertz CT molecular complexity index is 1330. The van der Waals surface area contributed by atoms with Crippen molar-refractivity contribution in [2.24, 2.45) is 4.99 Å². The maximum absolute atomic E-state index is 5.43. The second-order valence-corrected chi connectivity index (χ2v) is 9.19. The highest BCUT2D eigenvalue weighted by atomic mass is 32.2. The van der Waals surface area contributed by atoms with Gasteiger partial charge in [0.1, 0.15) is 15.8 Å². The Labute approximate surface area is 192 Å². The summed E-state index contributed by atoms with van der Waals surface area (Å²) < 4.78 is 5.43. The molecular weight excluding hydrogens is 414 g/mol. The molecule has 4 nitrogen and oxygen atoms in total. The molecule has 4 aromatic rings. The number of rotatable bonds is 4. The van der Waals surface area contributed by atoms with Crippen molar-refractivity contribution >= 4 is 39.1 Å². The highest BCUT2D eigenvalue weighted by Crippen LogP contribution is 2.38. The van der Waals surface area contributed by atoms with E-state index in [4.69, 9.17) is 14.7 Å². The first-order chi connectivity index (χ1) is 15.6. The number of benzene rings is 3. The average Bonchev–Trinajstić information content (AvgIpc) is 2.78. The lowest BCUT2D eigenvalue weighted by atomic mass is 10.1. The molecule has 1 atom stereocenters. The van der Waals surface area contributed by atoms with Gasteiger partial charge in [-0.3, -0.25) is 0 Å². The van der Waals surface area contributed by atoms with E-state index in [1.165, 1.54) is 16.7 Å². The number of hydrogen-bond donors (Lipinski definition) is 1. The van der Waals surface area contributed by atoms with E-state index in [0.717, 1.165) is 44.5 Å². The zero-order chi connectivity index (χ0) is 22.1. The predicted octanol–water partition coefficient (Wildman–Crippen LogP) is 6.72. The molecule has 0 fully saturated rings. The lowest BCUT2D eigenvalue weighted by Crippen LogP contribution is -2.33. The van der Waals surface area contributed by atoms with Crippen molar-refractivity contribution in [3.8, 4) is 5.75 Å². The summed E-state index contributed by atoms with van der Waals surface area (Å²) in [5.74, 6) is 0.867. The number of aliphatic imine (C=N–C) groups is 1. The minimum atomic E-state index is 0.0455. The molecule has 0 spiro atoms. The third-order valence-corrected chi connectivity index (χ3v) is 6.67. The number of methoxy groups -OCH3 is 1. The summed E-state index contributed by atoms with van der Waals surface area (Å²) in [5, 5.41) is 6.86. The molecule has 0 amide bonds. The van der Waals surface area contributed by atoms with Crippen LogP contribution >= 0.6 is 11.8 Å². The maximum Gasteiger partial charge on any atom is 0.126 e. The first kappa shape index (κ1) is 20.6. The van der Waals surface area contributed by atoms with E-state index >= 15 is 0 Å². The number of aryl methyl sites for hydroxylation is 2. The first-order valence-corrected chi connectivity index (χ1v) is 11.5. The van der Waals surface area contributed by atoms with Crippen LogP contribution in [0.5, 0.6) is 5.75 Å². The van der Waals surface area contributed by atoms with E-state index in [0.29, 0.717) is 0 Å². The molecule has 32 heavy (non-hydrogen) atoms. The highest BCUT2D eigenvalue weighted by molar-refractivity contribution is 8.14. The number of aromatic nitrogens is 1.